The van der Waals surface area contributed by atoms with Crippen molar-refractivity contribution in [2.24, 2.45) is 0 Å². The summed E-state index contributed by atoms with van der Waals surface area (Å²) in [4.78, 5) is 28.6. The van der Waals surface area contributed by atoms with Crippen LogP contribution in [0.1, 0.15) is 5.01 Å². The standard InChI is InChI=1S/C13H16N6OS/c20-13(17-10-11-14-4-9-21-11)19-7-5-18(6-8-19)12-15-2-1-3-16-12/h1-4,9H,5-8,10H2,(H,17,20). The van der Waals surface area contributed by atoms with Gasteiger partial charge in [-0.15, -0.1) is 11.3 Å². The number of carbonyl (C=O) groups is 1. The topological polar surface area (TPSA) is 74.2 Å². The number of amides is 2. The Balaban J connectivity index is 1.48. The number of nitrogens with zero attached hydrogens (tertiary/aromatic N) is 5. The van der Waals surface area contributed by atoms with Crippen molar-refractivity contribution < 1.29 is 4.79 Å². The van der Waals surface area contributed by atoms with Crippen molar-refractivity contribution in [1.82, 2.24) is 25.2 Å². The maximum Gasteiger partial charge on any atom is 0.317 e. The molecule has 3 rings (SSSR count). The Hall–Kier alpha value is -2.22. The minimum absolute atomic E-state index is 0.0427. The van der Waals surface area contributed by atoms with Crippen LogP contribution in [0.3, 0.4) is 0 Å². The lowest BCUT2D eigenvalue weighted by Gasteiger charge is -2.34. The van der Waals surface area contributed by atoms with Gasteiger partial charge in [0.15, 0.2) is 0 Å². The monoisotopic (exact) mass is 304 g/mol. The van der Waals surface area contributed by atoms with Crippen LogP contribution in [0, 0.1) is 0 Å². The minimum atomic E-state index is -0.0427. The minimum Gasteiger partial charge on any atom is -0.337 e. The maximum absolute atomic E-state index is 12.1. The molecule has 0 aliphatic carbocycles. The highest BCUT2D eigenvalue weighted by molar-refractivity contribution is 7.09. The highest BCUT2D eigenvalue weighted by atomic mass is 32.1. The van der Waals surface area contributed by atoms with E-state index >= 15 is 0 Å². The van der Waals surface area contributed by atoms with E-state index in [1.807, 2.05) is 10.3 Å². The van der Waals surface area contributed by atoms with Gasteiger partial charge in [0, 0.05) is 50.1 Å². The lowest BCUT2D eigenvalue weighted by atomic mass is 10.3. The third-order valence-corrected chi connectivity index (χ3v) is 4.06. The number of urea groups is 1. The van der Waals surface area contributed by atoms with E-state index in [2.05, 4.69) is 25.2 Å². The van der Waals surface area contributed by atoms with Gasteiger partial charge >= 0.3 is 6.03 Å². The number of carbonyl (C=O) groups excluding carboxylic acids is 1. The Kier molecular flexibility index (Phi) is 4.25. The van der Waals surface area contributed by atoms with Gasteiger partial charge in [0.1, 0.15) is 5.01 Å². The zero-order valence-corrected chi connectivity index (χ0v) is 12.3. The predicted octanol–water partition coefficient (Wildman–Crippen LogP) is 0.965. The van der Waals surface area contributed by atoms with Crippen LogP contribution >= 0.6 is 11.3 Å². The Morgan fingerprint density at radius 1 is 1.14 bits per heavy atom. The SMILES string of the molecule is O=C(NCc1nccs1)N1CCN(c2ncccn2)CC1. The van der Waals surface area contributed by atoms with Crippen molar-refractivity contribution in [1.29, 1.82) is 0 Å². The van der Waals surface area contributed by atoms with Crippen LogP contribution in [0.25, 0.3) is 0 Å². The van der Waals surface area contributed by atoms with Crippen LogP contribution in [-0.2, 0) is 6.54 Å². The molecule has 110 valence electrons. The highest BCUT2D eigenvalue weighted by Crippen LogP contribution is 2.10. The number of aromatic nitrogens is 3. The molecule has 2 aromatic rings. The first-order valence-corrected chi connectivity index (χ1v) is 7.64. The molecule has 8 heteroatoms. The molecular formula is C13H16N6OS. The molecule has 2 amide bonds. The van der Waals surface area contributed by atoms with Crippen LogP contribution in [0.2, 0.25) is 0 Å². The smallest absolute Gasteiger partial charge is 0.317 e. The summed E-state index contributed by atoms with van der Waals surface area (Å²) in [6, 6.07) is 1.75. The van der Waals surface area contributed by atoms with Gasteiger partial charge in [0.2, 0.25) is 5.95 Å². The summed E-state index contributed by atoms with van der Waals surface area (Å²) in [5.74, 6) is 0.723. The number of rotatable bonds is 3. The molecule has 7 nitrogen and oxygen atoms in total. The lowest BCUT2D eigenvalue weighted by Crippen LogP contribution is -2.52. The van der Waals surface area contributed by atoms with Gasteiger partial charge < -0.3 is 15.1 Å². The summed E-state index contributed by atoms with van der Waals surface area (Å²) in [5.41, 5.74) is 0. The molecule has 0 bridgehead atoms. The molecular weight excluding hydrogens is 288 g/mol. The van der Waals surface area contributed by atoms with Crippen molar-refractivity contribution in [3.8, 4) is 0 Å². The van der Waals surface area contributed by atoms with E-state index in [-0.39, 0.29) is 6.03 Å². The van der Waals surface area contributed by atoms with Crippen molar-refractivity contribution in [3.05, 3.63) is 35.0 Å². The average Bonchev–Trinajstić information content (AvgIpc) is 3.07. The van der Waals surface area contributed by atoms with Crippen LogP contribution in [0.15, 0.2) is 30.0 Å². The van der Waals surface area contributed by atoms with Crippen LogP contribution < -0.4 is 10.2 Å². The fourth-order valence-corrected chi connectivity index (χ4v) is 2.72. The molecule has 1 fully saturated rings. The second kappa shape index (κ2) is 6.49. The molecule has 3 heterocycles. The van der Waals surface area contributed by atoms with Crippen LogP contribution in [0.5, 0.6) is 0 Å². The van der Waals surface area contributed by atoms with E-state index in [1.165, 1.54) is 0 Å². The average molecular weight is 304 g/mol. The number of anilines is 1. The summed E-state index contributed by atoms with van der Waals surface area (Å²) in [7, 11) is 0. The molecule has 0 atom stereocenters. The Morgan fingerprint density at radius 2 is 1.90 bits per heavy atom. The molecule has 0 radical (unpaired) electrons. The third kappa shape index (κ3) is 3.46. The molecule has 1 N–H and O–H groups in total. The van der Waals surface area contributed by atoms with Crippen molar-refractivity contribution >= 4 is 23.3 Å². The molecule has 0 aromatic carbocycles. The van der Waals surface area contributed by atoms with Crippen LogP contribution in [-0.4, -0.2) is 52.1 Å². The van der Waals surface area contributed by atoms with Gasteiger partial charge in [0.25, 0.3) is 0 Å². The van der Waals surface area contributed by atoms with Gasteiger partial charge in [0.05, 0.1) is 6.54 Å². The molecule has 2 aromatic heterocycles. The summed E-state index contributed by atoms with van der Waals surface area (Å²) >= 11 is 1.54. The molecule has 21 heavy (non-hydrogen) atoms. The molecule has 0 unspecified atom stereocenters. The summed E-state index contributed by atoms with van der Waals surface area (Å²) in [5, 5.41) is 5.71. The number of piperazine rings is 1. The predicted molar refractivity (Wildman–Crippen MR) is 80.2 cm³/mol. The van der Waals surface area contributed by atoms with E-state index in [1.54, 1.807) is 36.0 Å². The van der Waals surface area contributed by atoms with Gasteiger partial charge in [-0.25, -0.2) is 19.7 Å². The second-order valence-corrected chi connectivity index (χ2v) is 5.59. The van der Waals surface area contributed by atoms with E-state index in [9.17, 15) is 4.79 Å². The number of nitrogens with one attached hydrogen (secondary N) is 1. The largest absolute Gasteiger partial charge is 0.337 e. The van der Waals surface area contributed by atoms with Gasteiger partial charge in [-0.05, 0) is 6.07 Å². The molecule has 0 spiro atoms. The quantitative estimate of drug-likeness (QED) is 0.914. The third-order valence-electron chi connectivity index (χ3n) is 3.28. The number of thiazole rings is 1. The van der Waals surface area contributed by atoms with E-state index in [4.69, 9.17) is 0 Å². The van der Waals surface area contributed by atoms with Gasteiger partial charge in [-0.2, -0.15) is 0 Å². The van der Waals surface area contributed by atoms with Crippen molar-refractivity contribution in [3.63, 3.8) is 0 Å². The maximum atomic E-state index is 12.1. The normalized spacial score (nSPS) is 15.0. The molecule has 0 saturated carbocycles. The van der Waals surface area contributed by atoms with Gasteiger partial charge in [-0.3, -0.25) is 0 Å². The van der Waals surface area contributed by atoms with Crippen molar-refractivity contribution in [2.75, 3.05) is 31.1 Å². The zero-order chi connectivity index (χ0) is 14.5. The first-order valence-electron chi connectivity index (χ1n) is 6.76. The van der Waals surface area contributed by atoms with Crippen LogP contribution in [0.4, 0.5) is 10.7 Å². The first-order chi connectivity index (χ1) is 10.3. The number of hydrogen-bond acceptors (Lipinski definition) is 6. The number of hydrogen-bond donors (Lipinski definition) is 1. The summed E-state index contributed by atoms with van der Waals surface area (Å²) in [6.45, 7) is 3.31. The summed E-state index contributed by atoms with van der Waals surface area (Å²) in [6.07, 6.45) is 5.20. The Morgan fingerprint density at radius 3 is 2.57 bits per heavy atom. The molecule has 1 aliphatic heterocycles. The Bertz CT molecular complexity index is 568. The van der Waals surface area contributed by atoms with E-state index in [0.29, 0.717) is 19.6 Å². The fraction of sp³-hybridized carbons (Fsp3) is 0.385. The molecule has 1 saturated heterocycles. The van der Waals surface area contributed by atoms with Gasteiger partial charge in [-0.1, -0.05) is 0 Å². The molecule has 1 aliphatic rings. The Labute approximate surface area is 126 Å². The van der Waals surface area contributed by atoms with E-state index in [0.717, 1.165) is 24.0 Å². The second-order valence-electron chi connectivity index (χ2n) is 4.61. The van der Waals surface area contributed by atoms with E-state index < -0.39 is 0 Å². The zero-order valence-electron chi connectivity index (χ0n) is 11.5. The summed E-state index contributed by atoms with van der Waals surface area (Å²) < 4.78 is 0. The lowest BCUT2D eigenvalue weighted by molar-refractivity contribution is 0.193. The highest BCUT2D eigenvalue weighted by Gasteiger charge is 2.22. The fourth-order valence-electron chi connectivity index (χ4n) is 2.17. The van der Waals surface area contributed by atoms with Crippen molar-refractivity contribution in [2.45, 2.75) is 6.54 Å². The first kappa shape index (κ1) is 13.7.